The number of rotatable bonds is 4. The molecular weight excluding hydrogens is 314 g/mol. The van der Waals surface area contributed by atoms with Crippen LogP contribution in [-0.4, -0.2) is 46.9 Å². The van der Waals surface area contributed by atoms with Gasteiger partial charge in [-0.25, -0.2) is 4.99 Å². The highest BCUT2D eigenvalue weighted by Gasteiger charge is 2.25. The number of aromatic nitrogens is 2. The third-order valence-corrected chi connectivity index (χ3v) is 4.41. The maximum atomic E-state index is 6.03. The number of aliphatic imine (C=N–C) groups is 1. The van der Waals surface area contributed by atoms with Gasteiger partial charge in [-0.3, -0.25) is 4.68 Å². The average molecular weight is 341 g/mol. The van der Waals surface area contributed by atoms with Gasteiger partial charge in [0, 0.05) is 31.9 Å². The number of hydrogen-bond acceptors (Lipinski definition) is 3. The summed E-state index contributed by atoms with van der Waals surface area (Å²) in [5, 5.41) is 7.62. The number of nitrogens with one attached hydrogen (secondary N) is 1. The van der Waals surface area contributed by atoms with Crippen LogP contribution in [0.2, 0.25) is 0 Å². The Bertz CT molecular complexity index is 724. The van der Waals surface area contributed by atoms with Crippen molar-refractivity contribution in [2.45, 2.75) is 26.5 Å². The minimum Gasteiger partial charge on any atom is -0.370 e. The summed E-state index contributed by atoms with van der Waals surface area (Å²) in [5.74, 6) is 0.938. The normalized spacial score (nSPS) is 18.4. The molecule has 1 saturated heterocycles. The molecule has 1 fully saturated rings. The summed E-state index contributed by atoms with van der Waals surface area (Å²) in [6.07, 6.45) is 3.95. The number of aryl methyl sites for hydroxylation is 2. The second-order valence-electron chi connectivity index (χ2n) is 6.35. The Balaban J connectivity index is 1.73. The molecule has 1 aromatic carbocycles. The highest BCUT2D eigenvalue weighted by molar-refractivity contribution is 5.80. The summed E-state index contributed by atoms with van der Waals surface area (Å²) in [7, 11) is 1.92. The molecule has 1 aliphatic heterocycles. The van der Waals surface area contributed by atoms with Crippen molar-refractivity contribution in [3.05, 3.63) is 53.3 Å². The second kappa shape index (κ2) is 8.16. The summed E-state index contributed by atoms with van der Waals surface area (Å²) in [6.45, 7) is 8.07. The Morgan fingerprint density at radius 1 is 1.40 bits per heavy atom. The first-order valence-electron chi connectivity index (χ1n) is 8.85. The highest BCUT2D eigenvalue weighted by Crippen LogP contribution is 2.25. The van der Waals surface area contributed by atoms with Gasteiger partial charge in [-0.05, 0) is 25.0 Å². The Morgan fingerprint density at radius 3 is 2.96 bits per heavy atom. The Labute approximate surface area is 149 Å². The largest absolute Gasteiger partial charge is 0.370 e. The van der Waals surface area contributed by atoms with E-state index in [9.17, 15) is 0 Å². The van der Waals surface area contributed by atoms with Crippen molar-refractivity contribution < 1.29 is 4.74 Å². The molecule has 0 aliphatic carbocycles. The van der Waals surface area contributed by atoms with Crippen molar-refractivity contribution in [1.82, 2.24) is 20.0 Å². The maximum Gasteiger partial charge on any atom is 0.194 e. The molecule has 0 amide bonds. The fourth-order valence-electron chi connectivity index (χ4n) is 3.12. The summed E-state index contributed by atoms with van der Waals surface area (Å²) < 4.78 is 7.84. The van der Waals surface area contributed by atoms with Crippen molar-refractivity contribution in [3.8, 4) is 0 Å². The van der Waals surface area contributed by atoms with E-state index in [1.165, 1.54) is 11.1 Å². The van der Waals surface area contributed by atoms with E-state index in [0.717, 1.165) is 31.2 Å². The predicted molar refractivity (Wildman–Crippen MR) is 99.5 cm³/mol. The fraction of sp³-hybridized carbons (Fsp3) is 0.474. The van der Waals surface area contributed by atoms with Gasteiger partial charge in [0.1, 0.15) is 6.10 Å². The summed E-state index contributed by atoms with van der Waals surface area (Å²) in [4.78, 5) is 7.09. The van der Waals surface area contributed by atoms with Crippen LogP contribution in [0, 0.1) is 6.92 Å². The molecule has 2 heterocycles. The molecule has 3 rings (SSSR count). The van der Waals surface area contributed by atoms with E-state index in [-0.39, 0.29) is 6.10 Å². The lowest BCUT2D eigenvalue weighted by atomic mass is 10.0. The van der Waals surface area contributed by atoms with E-state index in [1.54, 1.807) is 4.68 Å². The van der Waals surface area contributed by atoms with Gasteiger partial charge in [0.25, 0.3) is 0 Å². The van der Waals surface area contributed by atoms with Crippen LogP contribution in [0.5, 0.6) is 0 Å². The van der Waals surface area contributed by atoms with Gasteiger partial charge < -0.3 is 15.0 Å². The van der Waals surface area contributed by atoms with Crippen molar-refractivity contribution >= 4 is 5.96 Å². The van der Waals surface area contributed by atoms with Crippen LogP contribution >= 0.6 is 0 Å². The van der Waals surface area contributed by atoms with Gasteiger partial charge >= 0.3 is 0 Å². The van der Waals surface area contributed by atoms with Gasteiger partial charge in [-0.1, -0.05) is 24.3 Å². The van der Waals surface area contributed by atoms with E-state index in [0.29, 0.717) is 13.2 Å². The van der Waals surface area contributed by atoms with E-state index >= 15 is 0 Å². The molecule has 6 heteroatoms. The molecule has 0 spiro atoms. The Hall–Kier alpha value is -2.34. The van der Waals surface area contributed by atoms with Crippen LogP contribution in [0.15, 0.2) is 41.7 Å². The predicted octanol–water partition coefficient (Wildman–Crippen LogP) is 2.27. The van der Waals surface area contributed by atoms with E-state index in [4.69, 9.17) is 9.73 Å². The molecular formula is C19H27N5O. The SMILES string of the molecule is CCNC(=NCc1cnn(C)c1)N1CCOC(c2ccccc2C)C1. The number of nitrogens with zero attached hydrogens (tertiary/aromatic N) is 4. The molecule has 1 aliphatic rings. The summed E-state index contributed by atoms with van der Waals surface area (Å²) >= 11 is 0. The number of morpholine rings is 1. The summed E-state index contributed by atoms with van der Waals surface area (Å²) in [6, 6.07) is 8.44. The van der Waals surface area contributed by atoms with Crippen LogP contribution < -0.4 is 5.32 Å². The van der Waals surface area contributed by atoms with Gasteiger partial charge in [0.05, 0.1) is 25.9 Å². The van der Waals surface area contributed by atoms with Crippen molar-refractivity contribution in [2.75, 3.05) is 26.2 Å². The highest BCUT2D eigenvalue weighted by atomic mass is 16.5. The molecule has 0 bridgehead atoms. The van der Waals surface area contributed by atoms with Crippen LogP contribution in [0.25, 0.3) is 0 Å². The number of benzene rings is 1. The minimum atomic E-state index is 0.0807. The Kier molecular flexibility index (Phi) is 5.71. The zero-order chi connectivity index (χ0) is 17.6. The monoisotopic (exact) mass is 341 g/mol. The third kappa shape index (κ3) is 4.39. The number of ether oxygens (including phenoxy) is 1. The molecule has 1 unspecified atom stereocenters. The van der Waals surface area contributed by atoms with E-state index in [2.05, 4.69) is 53.4 Å². The number of guanidine groups is 1. The van der Waals surface area contributed by atoms with Gasteiger partial charge in [-0.15, -0.1) is 0 Å². The molecule has 0 radical (unpaired) electrons. The molecule has 6 nitrogen and oxygen atoms in total. The van der Waals surface area contributed by atoms with E-state index < -0.39 is 0 Å². The van der Waals surface area contributed by atoms with Crippen molar-refractivity contribution in [1.29, 1.82) is 0 Å². The molecule has 1 N–H and O–H groups in total. The lowest BCUT2D eigenvalue weighted by molar-refractivity contribution is -0.00834. The van der Waals surface area contributed by atoms with Gasteiger partial charge in [0.2, 0.25) is 0 Å². The molecule has 134 valence electrons. The first kappa shape index (κ1) is 17.5. The van der Waals surface area contributed by atoms with Crippen molar-refractivity contribution in [3.63, 3.8) is 0 Å². The lowest BCUT2D eigenvalue weighted by Gasteiger charge is -2.35. The van der Waals surface area contributed by atoms with Crippen LogP contribution in [-0.2, 0) is 18.3 Å². The first-order valence-corrected chi connectivity index (χ1v) is 8.85. The van der Waals surface area contributed by atoms with Crippen LogP contribution in [0.4, 0.5) is 0 Å². The third-order valence-electron chi connectivity index (χ3n) is 4.41. The molecule has 1 aromatic heterocycles. The molecule has 0 saturated carbocycles. The lowest BCUT2D eigenvalue weighted by Crippen LogP contribution is -2.48. The quantitative estimate of drug-likeness (QED) is 0.685. The molecule has 2 aromatic rings. The van der Waals surface area contributed by atoms with Crippen molar-refractivity contribution in [2.24, 2.45) is 12.0 Å². The number of hydrogen-bond donors (Lipinski definition) is 1. The van der Waals surface area contributed by atoms with Crippen LogP contribution in [0.1, 0.15) is 29.7 Å². The zero-order valence-corrected chi connectivity index (χ0v) is 15.3. The zero-order valence-electron chi connectivity index (χ0n) is 15.3. The molecule has 1 atom stereocenters. The fourth-order valence-corrected chi connectivity index (χ4v) is 3.12. The topological polar surface area (TPSA) is 54.7 Å². The summed E-state index contributed by atoms with van der Waals surface area (Å²) in [5.41, 5.74) is 3.64. The van der Waals surface area contributed by atoms with Crippen LogP contribution in [0.3, 0.4) is 0 Å². The minimum absolute atomic E-state index is 0.0807. The standard InChI is InChI=1S/C19H27N5O/c1-4-20-19(21-11-16-12-22-23(3)13-16)24-9-10-25-18(14-24)17-8-6-5-7-15(17)2/h5-8,12-13,18H,4,9-11,14H2,1-3H3,(H,20,21). The Morgan fingerprint density at radius 2 is 2.24 bits per heavy atom. The maximum absolute atomic E-state index is 6.03. The second-order valence-corrected chi connectivity index (χ2v) is 6.35. The van der Waals surface area contributed by atoms with Gasteiger partial charge in [0.15, 0.2) is 5.96 Å². The van der Waals surface area contributed by atoms with E-state index in [1.807, 2.05) is 19.4 Å². The smallest absolute Gasteiger partial charge is 0.194 e. The first-order chi connectivity index (χ1) is 12.2. The molecule has 25 heavy (non-hydrogen) atoms. The average Bonchev–Trinajstić information content (AvgIpc) is 3.04. The van der Waals surface area contributed by atoms with Gasteiger partial charge in [-0.2, -0.15) is 5.10 Å².